The van der Waals surface area contributed by atoms with Crippen LogP contribution in [0, 0.1) is 5.41 Å². The Labute approximate surface area is 109 Å². The first-order valence-corrected chi connectivity index (χ1v) is 7.10. The van der Waals surface area contributed by atoms with Crippen molar-refractivity contribution in [3.05, 3.63) is 0 Å². The van der Waals surface area contributed by atoms with E-state index < -0.39 is 0 Å². The zero-order chi connectivity index (χ0) is 13.1. The summed E-state index contributed by atoms with van der Waals surface area (Å²) in [6.07, 6.45) is 0.920. The van der Waals surface area contributed by atoms with Crippen LogP contribution in [0.5, 0.6) is 0 Å². The lowest BCUT2D eigenvalue weighted by molar-refractivity contribution is 0.231. The Morgan fingerprint density at radius 1 is 1.53 bits per heavy atom. The molecule has 4 nitrogen and oxygen atoms in total. The maximum Gasteiger partial charge on any atom is 0.144 e. The third-order valence-corrected chi connectivity index (χ3v) is 4.66. The molecule has 1 aliphatic rings. The van der Waals surface area contributed by atoms with Gasteiger partial charge in [0.25, 0.3) is 0 Å². The Morgan fingerprint density at radius 3 is 2.71 bits per heavy atom. The van der Waals surface area contributed by atoms with Crippen LogP contribution in [0.3, 0.4) is 0 Å². The molecule has 0 aromatic heterocycles. The number of oxime groups is 1. The van der Waals surface area contributed by atoms with Crippen LogP contribution in [0.4, 0.5) is 0 Å². The summed E-state index contributed by atoms with van der Waals surface area (Å²) in [7, 11) is 0. The maximum atomic E-state index is 8.74. The molecule has 0 saturated carbocycles. The van der Waals surface area contributed by atoms with Crippen molar-refractivity contribution in [1.29, 1.82) is 0 Å². The molecule has 0 aromatic rings. The van der Waals surface area contributed by atoms with Gasteiger partial charge >= 0.3 is 0 Å². The third kappa shape index (κ3) is 4.39. The summed E-state index contributed by atoms with van der Waals surface area (Å²) in [5.41, 5.74) is 5.46. The molecule has 1 rings (SSSR count). The fourth-order valence-corrected chi connectivity index (χ4v) is 3.18. The van der Waals surface area contributed by atoms with Crippen LogP contribution >= 0.6 is 11.8 Å². The fourth-order valence-electron chi connectivity index (χ4n) is 2.01. The molecule has 0 aliphatic carbocycles. The van der Waals surface area contributed by atoms with Gasteiger partial charge in [-0.3, -0.25) is 0 Å². The molecular formula is C12H25N3OS. The molecule has 100 valence electrons. The molecule has 0 amide bonds. The van der Waals surface area contributed by atoms with Crippen molar-refractivity contribution in [3.8, 4) is 0 Å². The van der Waals surface area contributed by atoms with Crippen molar-refractivity contribution < 1.29 is 5.21 Å². The Bertz CT molecular complexity index is 289. The van der Waals surface area contributed by atoms with E-state index >= 15 is 0 Å². The van der Waals surface area contributed by atoms with Crippen molar-refractivity contribution in [2.45, 2.75) is 38.9 Å². The van der Waals surface area contributed by atoms with Crippen LogP contribution in [0.25, 0.3) is 0 Å². The second kappa shape index (κ2) is 5.48. The topological polar surface area (TPSA) is 61.8 Å². The first-order chi connectivity index (χ1) is 7.77. The van der Waals surface area contributed by atoms with Gasteiger partial charge in [-0.05, 0) is 26.8 Å². The van der Waals surface area contributed by atoms with E-state index in [1.165, 1.54) is 5.75 Å². The van der Waals surface area contributed by atoms with E-state index in [2.05, 4.69) is 23.9 Å². The van der Waals surface area contributed by atoms with Crippen molar-refractivity contribution in [2.24, 2.45) is 16.3 Å². The van der Waals surface area contributed by atoms with Gasteiger partial charge in [-0.25, -0.2) is 0 Å². The van der Waals surface area contributed by atoms with E-state index in [1.54, 1.807) is 0 Å². The monoisotopic (exact) mass is 259 g/mol. The number of thioether (sulfide) groups is 1. The van der Waals surface area contributed by atoms with Gasteiger partial charge in [0.15, 0.2) is 0 Å². The van der Waals surface area contributed by atoms with E-state index in [9.17, 15) is 0 Å². The number of hydrogen-bond donors (Lipinski definition) is 2. The Kier molecular flexibility index (Phi) is 4.72. The first kappa shape index (κ1) is 14.6. The van der Waals surface area contributed by atoms with Crippen molar-refractivity contribution in [3.63, 3.8) is 0 Å². The minimum absolute atomic E-state index is 0.233. The minimum Gasteiger partial charge on any atom is -0.409 e. The van der Waals surface area contributed by atoms with E-state index in [-0.39, 0.29) is 5.41 Å². The lowest BCUT2D eigenvalue weighted by atomic mass is 9.88. The van der Waals surface area contributed by atoms with Crippen LogP contribution in [-0.4, -0.2) is 46.1 Å². The smallest absolute Gasteiger partial charge is 0.144 e. The second-order valence-electron chi connectivity index (χ2n) is 6.00. The van der Waals surface area contributed by atoms with Gasteiger partial charge < -0.3 is 15.8 Å². The molecule has 0 radical (unpaired) electrons. The first-order valence-electron chi connectivity index (χ1n) is 6.11. The highest BCUT2D eigenvalue weighted by Gasteiger charge is 2.29. The summed E-state index contributed by atoms with van der Waals surface area (Å²) in [5, 5.41) is 11.9. The Morgan fingerprint density at radius 2 is 2.18 bits per heavy atom. The Balaban J connectivity index is 2.45. The standard InChI is InChI=1S/C12H25N3OS/c1-11(2,10(13)14-16)5-6-15-7-8-17-12(3,4)9-15/h16H,5-9H2,1-4H3,(H2,13,14). The summed E-state index contributed by atoms with van der Waals surface area (Å²) in [5.74, 6) is 1.51. The van der Waals surface area contributed by atoms with Crippen LogP contribution in [0.2, 0.25) is 0 Å². The van der Waals surface area contributed by atoms with Gasteiger partial charge in [0.1, 0.15) is 5.84 Å². The van der Waals surface area contributed by atoms with Gasteiger partial charge in [0, 0.05) is 29.0 Å². The molecule has 0 spiro atoms. The molecule has 0 unspecified atom stereocenters. The summed E-state index contributed by atoms with van der Waals surface area (Å²) < 4.78 is 0.346. The normalized spacial score (nSPS) is 22.7. The molecule has 0 bridgehead atoms. The number of amidine groups is 1. The molecule has 1 heterocycles. The zero-order valence-corrected chi connectivity index (χ0v) is 12.2. The largest absolute Gasteiger partial charge is 0.409 e. The quantitative estimate of drug-likeness (QED) is 0.351. The summed E-state index contributed by atoms with van der Waals surface area (Å²) in [6, 6.07) is 0. The summed E-state index contributed by atoms with van der Waals surface area (Å²) >= 11 is 2.04. The van der Waals surface area contributed by atoms with Gasteiger partial charge in [-0.15, -0.1) is 0 Å². The minimum atomic E-state index is -0.233. The van der Waals surface area contributed by atoms with E-state index in [0.29, 0.717) is 10.6 Å². The highest BCUT2D eigenvalue weighted by Crippen LogP contribution is 2.30. The molecule has 1 saturated heterocycles. The molecular weight excluding hydrogens is 234 g/mol. The molecule has 0 aromatic carbocycles. The highest BCUT2D eigenvalue weighted by molar-refractivity contribution is 8.00. The molecule has 0 atom stereocenters. The number of nitrogens with zero attached hydrogens (tertiary/aromatic N) is 2. The molecule has 1 aliphatic heterocycles. The lowest BCUT2D eigenvalue weighted by Gasteiger charge is -2.38. The lowest BCUT2D eigenvalue weighted by Crippen LogP contribution is -2.45. The molecule has 3 N–H and O–H groups in total. The highest BCUT2D eigenvalue weighted by atomic mass is 32.2. The van der Waals surface area contributed by atoms with Crippen LogP contribution in [0.15, 0.2) is 5.16 Å². The average molecular weight is 259 g/mol. The third-order valence-electron chi connectivity index (χ3n) is 3.36. The predicted molar refractivity (Wildman–Crippen MR) is 74.8 cm³/mol. The van der Waals surface area contributed by atoms with Gasteiger partial charge in [-0.2, -0.15) is 11.8 Å². The fraction of sp³-hybridized carbons (Fsp3) is 0.917. The average Bonchev–Trinajstić information content (AvgIpc) is 2.24. The van der Waals surface area contributed by atoms with E-state index in [4.69, 9.17) is 10.9 Å². The van der Waals surface area contributed by atoms with Crippen molar-refractivity contribution >= 4 is 17.6 Å². The molecule has 17 heavy (non-hydrogen) atoms. The maximum absolute atomic E-state index is 8.74. The second-order valence-corrected chi connectivity index (χ2v) is 7.81. The van der Waals surface area contributed by atoms with Gasteiger partial charge in [0.2, 0.25) is 0 Å². The SMILES string of the molecule is CC1(C)CN(CCC(C)(C)C(N)=NO)CCS1. The summed E-state index contributed by atoms with van der Waals surface area (Å²) in [6.45, 7) is 11.9. The van der Waals surface area contributed by atoms with Crippen LogP contribution < -0.4 is 5.73 Å². The number of hydrogen-bond acceptors (Lipinski definition) is 4. The molecule has 5 heteroatoms. The summed E-state index contributed by atoms with van der Waals surface area (Å²) in [4.78, 5) is 2.48. The predicted octanol–water partition coefficient (Wildman–Crippen LogP) is 1.98. The zero-order valence-electron chi connectivity index (χ0n) is 11.4. The number of rotatable bonds is 4. The van der Waals surface area contributed by atoms with E-state index in [1.807, 2.05) is 25.6 Å². The van der Waals surface area contributed by atoms with Crippen LogP contribution in [-0.2, 0) is 0 Å². The molecule has 1 fully saturated rings. The van der Waals surface area contributed by atoms with Crippen LogP contribution in [0.1, 0.15) is 34.1 Å². The Hall–Kier alpha value is -0.420. The van der Waals surface area contributed by atoms with E-state index in [0.717, 1.165) is 26.1 Å². The van der Waals surface area contributed by atoms with Gasteiger partial charge in [0.05, 0.1) is 0 Å². The van der Waals surface area contributed by atoms with Crippen molar-refractivity contribution in [2.75, 3.05) is 25.4 Å². The van der Waals surface area contributed by atoms with Gasteiger partial charge in [-0.1, -0.05) is 19.0 Å². The van der Waals surface area contributed by atoms with Crippen molar-refractivity contribution in [1.82, 2.24) is 4.90 Å². The number of nitrogens with two attached hydrogens (primary N) is 1.